The summed E-state index contributed by atoms with van der Waals surface area (Å²) in [6.07, 6.45) is 3.72. The second-order valence-electron chi connectivity index (χ2n) is 4.59. The fourth-order valence-electron chi connectivity index (χ4n) is 2.24. The lowest BCUT2D eigenvalue weighted by Gasteiger charge is -2.29. The molecule has 2 rings (SSSR count). The SMILES string of the molecule is NC(=O)NC1CCC(Oc2ccc(O)cc2)CC1. The number of nitrogens with two attached hydrogens (primary N) is 1. The van der Waals surface area contributed by atoms with Crippen LogP contribution < -0.4 is 15.8 Å². The normalized spacial score (nSPS) is 23.3. The van der Waals surface area contributed by atoms with Gasteiger partial charge in [-0.05, 0) is 49.9 Å². The fourth-order valence-corrected chi connectivity index (χ4v) is 2.24. The number of hydrogen-bond acceptors (Lipinski definition) is 3. The molecule has 1 saturated carbocycles. The van der Waals surface area contributed by atoms with E-state index in [2.05, 4.69) is 5.32 Å². The van der Waals surface area contributed by atoms with Gasteiger partial charge in [0, 0.05) is 6.04 Å². The molecule has 2 amide bonds. The molecule has 5 nitrogen and oxygen atoms in total. The van der Waals surface area contributed by atoms with Gasteiger partial charge >= 0.3 is 6.03 Å². The Morgan fingerprint density at radius 2 is 1.83 bits per heavy atom. The Labute approximate surface area is 106 Å². The van der Waals surface area contributed by atoms with Gasteiger partial charge in [0.1, 0.15) is 11.5 Å². The number of amides is 2. The number of hydrogen-bond donors (Lipinski definition) is 3. The van der Waals surface area contributed by atoms with E-state index in [1.807, 2.05) is 0 Å². The maximum absolute atomic E-state index is 10.7. The number of nitrogens with one attached hydrogen (secondary N) is 1. The van der Waals surface area contributed by atoms with Crippen molar-refractivity contribution < 1.29 is 14.6 Å². The standard InChI is InChI=1S/C13H18N2O3/c14-13(17)15-9-1-5-11(6-2-9)18-12-7-3-10(16)4-8-12/h3-4,7-9,11,16H,1-2,5-6H2,(H3,14,15,17). The van der Waals surface area contributed by atoms with Crippen molar-refractivity contribution in [2.24, 2.45) is 5.73 Å². The molecule has 0 saturated heterocycles. The number of carbonyl (C=O) groups is 1. The molecule has 0 aliphatic heterocycles. The fraction of sp³-hybridized carbons (Fsp3) is 0.462. The van der Waals surface area contributed by atoms with Crippen LogP contribution in [-0.4, -0.2) is 23.3 Å². The Morgan fingerprint density at radius 1 is 1.22 bits per heavy atom. The van der Waals surface area contributed by atoms with Gasteiger partial charge < -0.3 is 20.9 Å². The van der Waals surface area contributed by atoms with Crippen molar-refractivity contribution in [3.63, 3.8) is 0 Å². The average Bonchev–Trinajstić information content (AvgIpc) is 2.34. The first-order valence-corrected chi connectivity index (χ1v) is 6.15. The predicted octanol–water partition coefficient (Wildman–Crippen LogP) is 1.75. The van der Waals surface area contributed by atoms with E-state index in [-0.39, 0.29) is 17.9 Å². The van der Waals surface area contributed by atoms with Crippen molar-refractivity contribution in [1.82, 2.24) is 5.32 Å². The summed E-state index contributed by atoms with van der Waals surface area (Å²) >= 11 is 0. The van der Waals surface area contributed by atoms with Gasteiger partial charge in [-0.25, -0.2) is 4.79 Å². The third kappa shape index (κ3) is 3.55. The quantitative estimate of drug-likeness (QED) is 0.764. The number of ether oxygens (including phenoxy) is 1. The van der Waals surface area contributed by atoms with Crippen LogP contribution in [0.5, 0.6) is 11.5 Å². The number of primary amides is 1. The van der Waals surface area contributed by atoms with E-state index in [1.54, 1.807) is 24.3 Å². The largest absolute Gasteiger partial charge is 0.508 e. The van der Waals surface area contributed by atoms with E-state index >= 15 is 0 Å². The highest BCUT2D eigenvalue weighted by Gasteiger charge is 2.22. The maximum atomic E-state index is 10.7. The number of phenols is 1. The van der Waals surface area contributed by atoms with Crippen molar-refractivity contribution in [3.05, 3.63) is 24.3 Å². The first kappa shape index (κ1) is 12.5. The summed E-state index contributed by atoms with van der Waals surface area (Å²) in [7, 11) is 0. The van der Waals surface area contributed by atoms with Crippen molar-refractivity contribution in [1.29, 1.82) is 0 Å². The molecule has 0 bridgehead atoms. The third-order valence-corrected chi connectivity index (χ3v) is 3.16. The minimum atomic E-state index is -0.460. The summed E-state index contributed by atoms with van der Waals surface area (Å²) in [5.74, 6) is 0.996. The Balaban J connectivity index is 1.79. The molecule has 0 atom stereocenters. The van der Waals surface area contributed by atoms with Crippen LogP contribution in [0.15, 0.2) is 24.3 Å². The number of rotatable bonds is 3. The van der Waals surface area contributed by atoms with Gasteiger partial charge in [-0.1, -0.05) is 0 Å². The van der Waals surface area contributed by atoms with Crippen LogP contribution in [0.25, 0.3) is 0 Å². The Bertz CT molecular complexity index is 397. The highest BCUT2D eigenvalue weighted by Crippen LogP contribution is 2.24. The summed E-state index contributed by atoms with van der Waals surface area (Å²) in [6.45, 7) is 0. The molecule has 0 unspecified atom stereocenters. The van der Waals surface area contributed by atoms with Crippen molar-refractivity contribution in [2.75, 3.05) is 0 Å². The first-order valence-electron chi connectivity index (χ1n) is 6.15. The van der Waals surface area contributed by atoms with Crippen LogP contribution in [0.1, 0.15) is 25.7 Å². The van der Waals surface area contributed by atoms with E-state index in [4.69, 9.17) is 10.5 Å². The number of carbonyl (C=O) groups excluding carboxylic acids is 1. The van der Waals surface area contributed by atoms with Crippen LogP contribution in [0.2, 0.25) is 0 Å². The molecule has 4 N–H and O–H groups in total. The number of aromatic hydroxyl groups is 1. The lowest BCUT2D eigenvalue weighted by Crippen LogP contribution is -2.42. The van der Waals surface area contributed by atoms with E-state index in [1.165, 1.54) is 0 Å². The summed E-state index contributed by atoms with van der Waals surface area (Å²) in [5.41, 5.74) is 5.09. The average molecular weight is 250 g/mol. The van der Waals surface area contributed by atoms with Crippen LogP contribution in [-0.2, 0) is 0 Å². The second-order valence-corrected chi connectivity index (χ2v) is 4.59. The maximum Gasteiger partial charge on any atom is 0.312 e. The van der Waals surface area contributed by atoms with Gasteiger partial charge in [0.15, 0.2) is 0 Å². The Hall–Kier alpha value is -1.91. The van der Waals surface area contributed by atoms with Crippen LogP contribution in [0, 0.1) is 0 Å². The molecule has 1 fully saturated rings. The molecule has 0 heterocycles. The number of benzene rings is 1. The molecular weight excluding hydrogens is 232 g/mol. The van der Waals surface area contributed by atoms with E-state index in [0.29, 0.717) is 0 Å². The van der Waals surface area contributed by atoms with Gasteiger partial charge in [-0.15, -0.1) is 0 Å². The molecule has 1 aliphatic carbocycles. The summed E-state index contributed by atoms with van der Waals surface area (Å²) in [5, 5.41) is 11.9. The second kappa shape index (κ2) is 5.62. The first-order chi connectivity index (χ1) is 8.63. The molecule has 1 aromatic carbocycles. The van der Waals surface area contributed by atoms with Crippen LogP contribution in [0.3, 0.4) is 0 Å². The van der Waals surface area contributed by atoms with Crippen molar-refractivity contribution in [2.45, 2.75) is 37.8 Å². The topological polar surface area (TPSA) is 84.6 Å². The minimum Gasteiger partial charge on any atom is -0.508 e. The van der Waals surface area contributed by atoms with E-state index < -0.39 is 6.03 Å². The summed E-state index contributed by atoms with van der Waals surface area (Å²) < 4.78 is 5.81. The monoisotopic (exact) mass is 250 g/mol. The van der Waals surface area contributed by atoms with Crippen LogP contribution >= 0.6 is 0 Å². The van der Waals surface area contributed by atoms with E-state index in [0.717, 1.165) is 31.4 Å². The highest BCUT2D eigenvalue weighted by molar-refractivity contribution is 5.71. The van der Waals surface area contributed by atoms with Crippen molar-refractivity contribution in [3.8, 4) is 11.5 Å². The van der Waals surface area contributed by atoms with Gasteiger partial charge in [-0.3, -0.25) is 0 Å². The Morgan fingerprint density at radius 3 is 2.39 bits per heavy atom. The van der Waals surface area contributed by atoms with Gasteiger partial charge in [0.2, 0.25) is 0 Å². The molecular formula is C13H18N2O3. The zero-order chi connectivity index (χ0) is 13.0. The minimum absolute atomic E-state index is 0.167. The number of urea groups is 1. The zero-order valence-electron chi connectivity index (χ0n) is 10.1. The molecule has 0 spiro atoms. The lowest BCUT2D eigenvalue weighted by molar-refractivity contribution is 0.140. The smallest absolute Gasteiger partial charge is 0.312 e. The van der Waals surface area contributed by atoms with Gasteiger partial charge in [0.05, 0.1) is 6.10 Å². The molecule has 1 aliphatic rings. The van der Waals surface area contributed by atoms with E-state index in [9.17, 15) is 9.90 Å². The summed E-state index contributed by atoms with van der Waals surface area (Å²) in [4.78, 5) is 10.7. The number of phenolic OH excluding ortho intramolecular Hbond substituents is 1. The zero-order valence-corrected chi connectivity index (χ0v) is 10.1. The lowest BCUT2D eigenvalue weighted by atomic mass is 9.93. The molecule has 5 heteroatoms. The molecule has 0 radical (unpaired) electrons. The molecule has 1 aromatic rings. The highest BCUT2D eigenvalue weighted by atomic mass is 16.5. The van der Waals surface area contributed by atoms with Gasteiger partial charge in [0.25, 0.3) is 0 Å². The molecule has 0 aromatic heterocycles. The predicted molar refractivity (Wildman–Crippen MR) is 67.5 cm³/mol. The molecule has 98 valence electrons. The Kier molecular flexibility index (Phi) is 3.92. The molecule has 18 heavy (non-hydrogen) atoms. The van der Waals surface area contributed by atoms with Crippen LogP contribution in [0.4, 0.5) is 4.79 Å². The van der Waals surface area contributed by atoms with Crippen molar-refractivity contribution >= 4 is 6.03 Å². The third-order valence-electron chi connectivity index (χ3n) is 3.16. The summed E-state index contributed by atoms with van der Waals surface area (Å²) in [6, 6.07) is 6.43. The van der Waals surface area contributed by atoms with Gasteiger partial charge in [-0.2, -0.15) is 0 Å².